The fourth-order valence-corrected chi connectivity index (χ4v) is 2.84. The summed E-state index contributed by atoms with van der Waals surface area (Å²) in [7, 11) is 1.81. The number of likely N-dealkylation sites (N-methyl/N-ethyl adjacent to an activating group) is 2. The second-order valence-electron chi connectivity index (χ2n) is 5.10. The average Bonchev–Trinajstić information content (AvgIpc) is 2.93. The molecule has 1 aliphatic rings. The molecule has 9 heteroatoms. The van der Waals surface area contributed by atoms with Crippen molar-refractivity contribution >= 4 is 17.3 Å². The fraction of sp³-hybridized carbons (Fsp3) is 0.667. The highest BCUT2D eigenvalue weighted by Crippen LogP contribution is 2.31. The first-order valence-electron chi connectivity index (χ1n) is 6.99. The van der Waals surface area contributed by atoms with E-state index in [1.165, 1.54) is 6.33 Å². The van der Waals surface area contributed by atoms with E-state index in [2.05, 4.69) is 27.2 Å². The van der Waals surface area contributed by atoms with E-state index in [1.54, 1.807) is 4.90 Å². The molecular weight excluding hydrogens is 274 g/mol. The monoisotopic (exact) mass is 295 g/mol. The van der Waals surface area contributed by atoms with Crippen LogP contribution in [0.4, 0.5) is 17.3 Å². The molecule has 1 aliphatic heterocycles. The Morgan fingerprint density at radius 2 is 2.38 bits per heavy atom. The van der Waals surface area contributed by atoms with Gasteiger partial charge < -0.3 is 10.3 Å². The SMILES string of the molecule is CCN1CCCC1CN(C)c1ncnc(NN)c1[N+](=O)[O-]. The molecule has 21 heavy (non-hydrogen) atoms. The molecule has 0 aromatic carbocycles. The van der Waals surface area contributed by atoms with E-state index >= 15 is 0 Å². The van der Waals surface area contributed by atoms with Gasteiger partial charge in [-0.2, -0.15) is 0 Å². The van der Waals surface area contributed by atoms with Gasteiger partial charge in [-0.3, -0.25) is 15.0 Å². The van der Waals surface area contributed by atoms with E-state index in [0.29, 0.717) is 12.6 Å². The van der Waals surface area contributed by atoms with Gasteiger partial charge in [0.25, 0.3) is 0 Å². The number of likely N-dealkylation sites (tertiary alicyclic amines) is 1. The quantitative estimate of drug-likeness (QED) is 0.445. The average molecular weight is 295 g/mol. The number of nitrogens with zero attached hydrogens (tertiary/aromatic N) is 5. The summed E-state index contributed by atoms with van der Waals surface area (Å²) in [4.78, 5) is 22.8. The number of rotatable bonds is 6. The number of nitro groups is 1. The third-order valence-corrected chi connectivity index (χ3v) is 3.87. The van der Waals surface area contributed by atoms with Crippen molar-refractivity contribution in [3.63, 3.8) is 0 Å². The Balaban J connectivity index is 2.22. The van der Waals surface area contributed by atoms with Gasteiger partial charge in [0, 0.05) is 19.6 Å². The van der Waals surface area contributed by atoms with E-state index in [0.717, 1.165) is 25.9 Å². The molecular formula is C12H21N7O2. The highest BCUT2D eigenvalue weighted by atomic mass is 16.6. The summed E-state index contributed by atoms with van der Waals surface area (Å²) < 4.78 is 0. The molecule has 9 nitrogen and oxygen atoms in total. The Morgan fingerprint density at radius 3 is 3.00 bits per heavy atom. The molecule has 2 rings (SSSR count). The Bertz CT molecular complexity index is 510. The molecule has 0 aliphatic carbocycles. The van der Waals surface area contributed by atoms with Gasteiger partial charge in [0.1, 0.15) is 6.33 Å². The topological polar surface area (TPSA) is 113 Å². The van der Waals surface area contributed by atoms with Gasteiger partial charge in [-0.25, -0.2) is 15.8 Å². The number of aromatic nitrogens is 2. The van der Waals surface area contributed by atoms with Crippen molar-refractivity contribution in [3.8, 4) is 0 Å². The third kappa shape index (κ3) is 3.19. The van der Waals surface area contributed by atoms with Crippen LogP contribution in [-0.4, -0.2) is 52.5 Å². The first-order chi connectivity index (χ1) is 10.1. The Labute approximate surface area is 123 Å². The largest absolute Gasteiger partial charge is 0.354 e. The van der Waals surface area contributed by atoms with Gasteiger partial charge in [0.2, 0.25) is 11.6 Å². The number of nitrogens with two attached hydrogens (primary N) is 1. The van der Waals surface area contributed by atoms with Crippen molar-refractivity contribution in [2.45, 2.75) is 25.8 Å². The summed E-state index contributed by atoms with van der Waals surface area (Å²) in [5, 5.41) is 11.3. The van der Waals surface area contributed by atoms with Crippen LogP contribution in [-0.2, 0) is 0 Å². The van der Waals surface area contributed by atoms with Crippen LogP contribution in [0.5, 0.6) is 0 Å². The lowest BCUT2D eigenvalue weighted by atomic mass is 10.2. The fourth-order valence-electron chi connectivity index (χ4n) is 2.84. The van der Waals surface area contributed by atoms with Crippen molar-refractivity contribution in [3.05, 3.63) is 16.4 Å². The van der Waals surface area contributed by atoms with Gasteiger partial charge in [0.05, 0.1) is 4.92 Å². The molecule has 1 atom stereocenters. The molecule has 0 saturated carbocycles. The van der Waals surface area contributed by atoms with Crippen LogP contribution in [0.3, 0.4) is 0 Å². The number of hydrogen-bond donors (Lipinski definition) is 2. The van der Waals surface area contributed by atoms with Gasteiger partial charge in [-0.1, -0.05) is 6.92 Å². The second-order valence-corrected chi connectivity index (χ2v) is 5.10. The lowest BCUT2D eigenvalue weighted by molar-refractivity contribution is -0.383. The summed E-state index contributed by atoms with van der Waals surface area (Å²) in [6.07, 6.45) is 3.53. The second kappa shape index (κ2) is 6.64. The van der Waals surface area contributed by atoms with Crippen molar-refractivity contribution in [1.29, 1.82) is 0 Å². The summed E-state index contributed by atoms with van der Waals surface area (Å²) in [6, 6.07) is 0.392. The summed E-state index contributed by atoms with van der Waals surface area (Å²) >= 11 is 0. The zero-order valence-electron chi connectivity index (χ0n) is 12.3. The standard InChI is InChI=1S/C12H21N7O2/c1-3-18-6-4-5-9(18)7-17(2)12-10(19(20)21)11(16-13)14-8-15-12/h8-9H,3-7,13H2,1-2H3,(H,14,15,16). The van der Waals surface area contributed by atoms with Crippen molar-refractivity contribution in [1.82, 2.24) is 14.9 Å². The number of nitrogen functional groups attached to an aromatic ring is 1. The van der Waals surface area contributed by atoms with Crippen LogP contribution in [0.15, 0.2) is 6.33 Å². The molecule has 3 N–H and O–H groups in total. The van der Waals surface area contributed by atoms with Crippen LogP contribution in [0, 0.1) is 10.1 Å². The third-order valence-electron chi connectivity index (χ3n) is 3.87. The van der Waals surface area contributed by atoms with E-state index in [9.17, 15) is 10.1 Å². The minimum absolute atomic E-state index is 0.0237. The predicted molar refractivity (Wildman–Crippen MR) is 80.0 cm³/mol. The van der Waals surface area contributed by atoms with Gasteiger partial charge in [-0.05, 0) is 25.9 Å². The van der Waals surface area contributed by atoms with E-state index in [1.807, 2.05) is 7.05 Å². The van der Waals surface area contributed by atoms with E-state index < -0.39 is 4.92 Å². The van der Waals surface area contributed by atoms with Gasteiger partial charge >= 0.3 is 5.69 Å². The Kier molecular flexibility index (Phi) is 4.86. The zero-order chi connectivity index (χ0) is 15.4. The predicted octanol–water partition coefficient (Wildman–Crippen LogP) is 0.591. The molecule has 0 amide bonds. The smallest absolute Gasteiger partial charge is 0.352 e. The first-order valence-corrected chi connectivity index (χ1v) is 6.99. The summed E-state index contributed by atoms with van der Waals surface area (Å²) in [5.74, 6) is 5.60. The van der Waals surface area contributed by atoms with Gasteiger partial charge in [0.15, 0.2) is 0 Å². The molecule has 0 spiro atoms. The minimum Gasteiger partial charge on any atom is -0.352 e. The van der Waals surface area contributed by atoms with Crippen LogP contribution in [0.1, 0.15) is 19.8 Å². The van der Waals surface area contributed by atoms with Crippen LogP contribution >= 0.6 is 0 Å². The van der Waals surface area contributed by atoms with Crippen molar-refractivity contribution in [2.75, 3.05) is 37.0 Å². The lowest BCUT2D eigenvalue weighted by Gasteiger charge is -2.28. The lowest BCUT2D eigenvalue weighted by Crippen LogP contribution is -2.39. The molecule has 1 fully saturated rings. The van der Waals surface area contributed by atoms with Crippen LogP contribution < -0.4 is 16.2 Å². The number of anilines is 2. The Hall–Kier alpha value is -2.00. The molecule has 0 radical (unpaired) electrons. The number of hydrazine groups is 1. The van der Waals surface area contributed by atoms with E-state index in [-0.39, 0.29) is 17.3 Å². The zero-order valence-corrected chi connectivity index (χ0v) is 12.3. The molecule has 116 valence electrons. The molecule has 2 heterocycles. The maximum atomic E-state index is 11.3. The van der Waals surface area contributed by atoms with Crippen LogP contribution in [0.25, 0.3) is 0 Å². The number of nitrogens with one attached hydrogen (secondary N) is 1. The van der Waals surface area contributed by atoms with Crippen molar-refractivity contribution in [2.24, 2.45) is 5.84 Å². The minimum atomic E-state index is -0.507. The molecule has 1 aromatic heterocycles. The van der Waals surface area contributed by atoms with Crippen LogP contribution in [0.2, 0.25) is 0 Å². The molecule has 1 unspecified atom stereocenters. The molecule has 1 saturated heterocycles. The molecule has 1 aromatic rings. The van der Waals surface area contributed by atoms with E-state index in [4.69, 9.17) is 5.84 Å². The number of hydrogen-bond acceptors (Lipinski definition) is 8. The van der Waals surface area contributed by atoms with Gasteiger partial charge in [-0.15, -0.1) is 0 Å². The Morgan fingerprint density at radius 1 is 1.62 bits per heavy atom. The molecule has 0 bridgehead atoms. The highest BCUT2D eigenvalue weighted by Gasteiger charge is 2.29. The normalized spacial score (nSPS) is 18.7. The summed E-state index contributed by atoms with van der Waals surface area (Å²) in [6.45, 7) is 4.88. The summed E-state index contributed by atoms with van der Waals surface area (Å²) in [5.41, 5.74) is 2.06. The van der Waals surface area contributed by atoms with Crippen molar-refractivity contribution < 1.29 is 4.92 Å². The first kappa shape index (κ1) is 15.4. The maximum Gasteiger partial charge on any atom is 0.354 e. The highest BCUT2D eigenvalue weighted by molar-refractivity contribution is 5.69. The maximum absolute atomic E-state index is 11.3.